The van der Waals surface area contributed by atoms with Crippen LogP contribution in [-0.2, 0) is 11.3 Å². The standard InChI is InChI=1S/C12H12ClN3O/c1-9-6-7-14-16(9)8-12(17)15-11-5-3-2-4-10(11)13/h2-7H,8H2,1H3,(H,15,17). The molecule has 17 heavy (non-hydrogen) atoms. The first-order chi connectivity index (χ1) is 8.16. The van der Waals surface area contributed by atoms with E-state index in [4.69, 9.17) is 11.6 Å². The van der Waals surface area contributed by atoms with Gasteiger partial charge in [-0.3, -0.25) is 9.48 Å². The molecule has 1 amide bonds. The summed E-state index contributed by atoms with van der Waals surface area (Å²) in [6.07, 6.45) is 1.66. The van der Waals surface area contributed by atoms with Crippen LogP contribution >= 0.6 is 11.6 Å². The largest absolute Gasteiger partial charge is 0.323 e. The van der Waals surface area contributed by atoms with Crippen molar-refractivity contribution in [2.75, 3.05) is 5.32 Å². The van der Waals surface area contributed by atoms with Crippen LogP contribution in [0.2, 0.25) is 5.02 Å². The van der Waals surface area contributed by atoms with E-state index in [0.29, 0.717) is 10.7 Å². The minimum absolute atomic E-state index is 0.148. The van der Waals surface area contributed by atoms with Crippen molar-refractivity contribution in [1.82, 2.24) is 9.78 Å². The molecule has 0 spiro atoms. The minimum atomic E-state index is -0.148. The van der Waals surface area contributed by atoms with Crippen molar-refractivity contribution in [2.45, 2.75) is 13.5 Å². The monoisotopic (exact) mass is 249 g/mol. The molecular formula is C12H12ClN3O. The van der Waals surface area contributed by atoms with Crippen molar-refractivity contribution in [2.24, 2.45) is 0 Å². The summed E-state index contributed by atoms with van der Waals surface area (Å²) in [6.45, 7) is 2.08. The minimum Gasteiger partial charge on any atom is -0.323 e. The Hall–Kier alpha value is -1.81. The van der Waals surface area contributed by atoms with Gasteiger partial charge in [0.05, 0.1) is 10.7 Å². The van der Waals surface area contributed by atoms with Gasteiger partial charge in [0.15, 0.2) is 0 Å². The molecule has 1 heterocycles. The van der Waals surface area contributed by atoms with Gasteiger partial charge in [-0.1, -0.05) is 23.7 Å². The van der Waals surface area contributed by atoms with Gasteiger partial charge in [0, 0.05) is 11.9 Å². The van der Waals surface area contributed by atoms with E-state index in [1.54, 1.807) is 23.0 Å². The van der Waals surface area contributed by atoms with Crippen LogP contribution in [0.1, 0.15) is 5.69 Å². The number of carbonyl (C=O) groups is 1. The van der Waals surface area contributed by atoms with Crippen LogP contribution in [0.3, 0.4) is 0 Å². The van der Waals surface area contributed by atoms with Crippen molar-refractivity contribution >= 4 is 23.2 Å². The first kappa shape index (κ1) is 11.7. The second-order valence-electron chi connectivity index (χ2n) is 3.66. The van der Waals surface area contributed by atoms with Gasteiger partial charge in [-0.05, 0) is 25.1 Å². The number of nitrogens with zero attached hydrogens (tertiary/aromatic N) is 2. The van der Waals surface area contributed by atoms with E-state index in [0.717, 1.165) is 5.69 Å². The lowest BCUT2D eigenvalue weighted by Gasteiger charge is -2.07. The molecule has 0 unspecified atom stereocenters. The zero-order valence-electron chi connectivity index (χ0n) is 9.35. The van der Waals surface area contributed by atoms with Crippen molar-refractivity contribution in [3.63, 3.8) is 0 Å². The van der Waals surface area contributed by atoms with Gasteiger partial charge in [0.1, 0.15) is 6.54 Å². The quantitative estimate of drug-likeness (QED) is 0.909. The highest BCUT2D eigenvalue weighted by atomic mass is 35.5. The molecule has 0 bridgehead atoms. The highest BCUT2D eigenvalue weighted by Gasteiger charge is 2.07. The number of para-hydroxylation sites is 1. The average Bonchev–Trinajstić information content (AvgIpc) is 2.68. The number of benzene rings is 1. The molecule has 0 atom stereocenters. The third kappa shape index (κ3) is 2.85. The Kier molecular flexibility index (Phi) is 3.44. The zero-order chi connectivity index (χ0) is 12.3. The number of carbonyl (C=O) groups excluding carboxylic acids is 1. The number of hydrogen-bond donors (Lipinski definition) is 1. The molecule has 88 valence electrons. The molecule has 5 heteroatoms. The van der Waals surface area contributed by atoms with Crippen LogP contribution in [-0.4, -0.2) is 15.7 Å². The molecule has 0 aliphatic carbocycles. The van der Waals surface area contributed by atoms with Gasteiger partial charge in [0.2, 0.25) is 5.91 Å². The number of aromatic nitrogens is 2. The normalized spacial score (nSPS) is 10.2. The lowest BCUT2D eigenvalue weighted by molar-refractivity contribution is -0.116. The fraction of sp³-hybridized carbons (Fsp3) is 0.167. The summed E-state index contributed by atoms with van der Waals surface area (Å²) < 4.78 is 1.63. The summed E-state index contributed by atoms with van der Waals surface area (Å²) in [5, 5.41) is 7.31. The van der Waals surface area contributed by atoms with E-state index < -0.39 is 0 Å². The second kappa shape index (κ2) is 5.01. The lowest BCUT2D eigenvalue weighted by Crippen LogP contribution is -2.20. The number of halogens is 1. The van der Waals surface area contributed by atoms with E-state index in [-0.39, 0.29) is 12.5 Å². The van der Waals surface area contributed by atoms with Crippen molar-refractivity contribution < 1.29 is 4.79 Å². The van der Waals surface area contributed by atoms with Crippen LogP contribution in [0.5, 0.6) is 0 Å². The summed E-state index contributed by atoms with van der Waals surface area (Å²) in [7, 11) is 0. The summed E-state index contributed by atoms with van der Waals surface area (Å²) in [4.78, 5) is 11.8. The Labute approximate surface area is 104 Å². The molecule has 1 aromatic heterocycles. The molecule has 4 nitrogen and oxygen atoms in total. The van der Waals surface area contributed by atoms with E-state index >= 15 is 0 Å². The third-order valence-corrected chi connectivity index (χ3v) is 2.70. The molecule has 0 fully saturated rings. The number of aryl methyl sites for hydroxylation is 1. The Morgan fingerprint density at radius 1 is 1.41 bits per heavy atom. The number of nitrogens with one attached hydrogen (secondary N) is 1. The predicted molar refractivity (Wildman–Crippen MR) is 67.0 cm³/mol. The fourth-order valence-corrected chi connectivity index (χ4v) is 1.64. The van der Waals surface area contributed by atoms with E-state index in [2.05, 4.69) is 10.4 Å². The molecule has 0 saturated heterocycles. The van der Waals surface area contributed by atoms with Crippen LogP contribution in [0.15, 0.2) is 36.5 Å². The maximum absolute atomic E-state index is 11.8. The Balaban J connectivity index is 2.03. The summed E-state index contributed by atoms with van der Waals surface area (Å²) in [5.74, 6) is -0.148. The lowest BCUT2D eigenvalue weighted by atomic mass is 10.3. The molecule has 0 aliphatic rings. The van der Waals surface area contributed by atoms with Gasteiger partial charge in [-0.15, -0.1) is 0 Å². The van der Waals surface area contributed by atoms with E-state index in [1.165, 1.54) is 0 Å². The summed E-state index contributed by atoms with van der Waals surface area (Å²) in [6, 6.07) is 8.98. The number of amides is 1. The molecule has 2 aromatic rings. The molecule has 1 N–H and O–H groups in total. The van der Waals surface area contributed by atoms with Crippen LogP contribution in [0.25, 0.3) is 0 Å². The molecular weight excluding hydrogens is 238 g/mol. The SMILES string of the molecule is Cc1ccnn1CC(=O)Nc1ccccc1Cl. The van der Waals surface area contributed by atoms with Gasteiger partial charge < -0.3 is 5.32 Å². The maximum Gasteiger partial charge on any atom is 0.246 e. The van der Waals surface area contributed by atoms with Crippen molar-refractivity contribution in [3.05, 3.63) is 47.2 Å². The fourth-order valence-electron chi connectivity index (χ4n) is 1.45. The molecule has 2 rings (SSSR count). The van der Waals surface area contributed by atoms with E-state index in [9.17, 15) is 4.79 Å². The Morgan fingerprint density at radius 2 is 2.18 bits per heavy atom. The maximum atomic E-state index is 11.8. The predicted octanol–water partition coefficient (Wildman–Crippen LogP) is 2.48. The zero-order valence-corrected chi connectivity index (χ0v) is 10.1. The highest BCUT2D eigenvalue weighted by Crippen LogP contribution is 2.20. The summed E-state index contributed by atoms with van der Waals surface area (Å²) in [5.41, 5.74) is 1.56. The van der Waals surface area contributed by atoms with Gasteiger partial charge >= 0.3 is 0 Å². The molecule has 0 radical (unpaired) electrons. The number of anilines is 1. The summed E-state index contributed by atoms with van der Waals surface area (Å²) >= 11 is 5.94. The average molecular weight is 250 g/mol. The first-order valence-corrected chi connectivity index (χ1v) is 5.57. The molecule has 0 aliphatic heterocycles. The highest BCUT2D eigenvalue weighted by molar-refractivity contribution is 6.33. The van der Waals surface area contributed by atoms with Crippen molar-refractivity contribution in [1.29, 1.82) is 0 Å². The molecule has 0 saturated carbocycles. The van der Waals surface area contributed by atoms with Gasteiger partial charge in [0.25, 0.3) is 0 Å². The Bertz CT molecular complexity index is 536. The number of rotatable bonds is 3. The van der Waals surface area contributed by atoms with Gasteiger partial charge in [-0.2, -0.15) is 5.10 Å². The second-order valence-corrected chi connectivity index (χ2v) is 4.07. The topological polar surface area (TPSA) is 46.9 Å². The molecule has 1 aromatic carbocycles. The number of hydrogen-bond acceptors (Lipinski definition) is 2. The van der Waals surface area contributed by atoms with E-state index in [1.807, 2.05) is 25.1 Å². The van der Waals surface area contributed by atoms with Crippen molar-refractivity contribution in [3.8, 4) is 0 Å². The first-order valence-electron chi connectivity index (χ1n) is 5.19. The van der Waals surface area contributed by atoms with Crippen LogP contribution < -0.4 is 5.32 Å². The third-order valence-electron chi connectivity index (χ3n) is 2.37. The Morgan fingerprint density at radius 3 is 2.82 bits per heavy atom. The van der Waals surface area contributed by atoms with Crippen LogP contribution in [0, 0.1) is 6.92 Å². The smallest absolute Gasteiger partial charge is 0.246 e. The van der Waals surface area contributed by atoms with Gasteiger partial charge in [-0.25, -0.2) is 0 Å². The van der Waals surface area contributed by atoms with Crippen LogP contribution in [0.4, 0.5) is 5.69 Å².